The van der Waals surface area contributed by atoms with E-state index in [1.165, 1.54) is 36.6 Å². The number of anilines is 1. The van der Waals surface area contributed by atoms with Crippen molar-refractivity contribution >= 4 is 29.0 Å². The molecule has 1 N–H and O–H groups in total. The predicted molar refractivity (Wildman–Crippen MR) is 115 cm³/mol. The first-order valence-electron chi connectivity index (χ1n) is 10.00. The highest BCUT2D eigenvalue weighted by molar-refractivity contribution is 7.99. The second-order valence-corrected chi connectivity index (χ2v) is 9.00. The fraction of sp³-hybridized carbons (Fsp3) is 0.429. The first kappa shape index (κ1) is 19.7. The molecule has 29 heavy (non-hydrogen) atoms. The lowest BCUT2D eigenvalue weighted by Gasteiger charge is -2.20. The fourth-order valence-corrected chi connectivity index (χ4v) is 4.98. The molecule has 4 rings (SSSR count). The Kier molecular flexibility index (Phi) is 5.71. The molecule has 1 aromatic carbocycles. The van der Waals surface area contributed by atoms with Gasteiger partial charge in [0.1, 0.15) is 11.6 Å². The summed E-state index contributed by atoms with van der Waals surface area (Å²) in [5.41, 5.74) is 2.90. The summed E-state index contributed by atoms with van der Waals surface area (Å²) < 4.78 is 2.45. The van der Waals surface area contributed by atoms with Gasteiger partial charge in [-0.05, 0) is 62.1 Å². The molecule has 8 heteroatoms. The Morgan fingerprint density at radius 3 is 2.55 bits per heavy atom. The Labute approximate surface area is 173 Å². The molecule has 0 aliphatic heterocycles. The van der Waals surface area contributed by atoms with Crippen LogP contribution in [0.25, 0.3) is 5.65 Å². The van der Waals surface area contributed by atoms with Crippen LogP contribution in [0.15, 0.2) is 40.2 Å². The largest absolute Gasteiger partial charge is 0.367 e. The summed E-state index contributed by atoms with van der Waals surface area (Å²) >= 11 is 1.73. The minimum absolute atomic E-state index is 0.152. The van der Waals surface area contributed by atoms with E-state index in [0.29, 0.717) is 16.6 Å². The molecule has 7 nitrogen and oxygen atoms in total. The Hall–Kier alpha value is -2.61. The lowest BCUT2D eigenvalue weighted by atomic mass is 10.0. The number of nitrogens with zero attached hydrogens (tertiary/aromatic N) is 4. The number of hydrogen-bond acceptors (Lipinski definition) is 5. The van der Waals surface area contributed by atoms with Crippen molar-refractivity contribution in [2.75, 3.05) is 5.32 Å². The van der Waals surface area contributed by atoms with Gasteiger partial charge >= 0.3 is 5.69 Å². The Balaban J connectivity index is 1.49. The summed E-state index contributed by atoms with van der Waals surface area (Å²) in [6, 6.07) is 9.52. The SMILES string of the molecule is Cc1cc(C)cc(NC(=O)Cn2nc3ccc(SC4CCCCC4)nn3c2=O)c1. The van der Waals surface area contributed by atoms with E-state index in [0.717, 1.165) is 20.8 Å². The van der Waals surface area contributed by atoms with Crippen LogP contribution in [0.4, 0.5) is 5.69 Å². The summed E-state index contributed by atoms with van der Waals surface area (Å²) in [6.45, 7) is 3.80. The molecular weight excluding hydrogens is 386 g/mol. The lowest BCUT2D eigenvalue weighted by molar-refractivity contribution is -0.117. The van der Waals surface area contributed by atoms with E-state index in [1.54, 1.807) is 17.8 Å². The van der Waals surface area contributed by atoms with Crippen LogP contribution in [-0.4, -0.2) is 30.6 Å². The summed E-state index contributed by atoms with van der Waals surface area (Å²) in [6.07, 6.45) is 6.20. The van der Waals surface area contributed by atoms with E-state index >= 15 is 0 Å². The first-order chi connectivity index (χ1) is 14.0. The third kappa shape index (κ3) is 4.70. The quantitative estimate of drug-likeness (QED) is 0.694. The number of nitrogens with one attached hydrogen (secondary N) is 1. The molecule has 2 heterocycles. The van der Waals surface area contributed by atoms with Crippen molar-refractivity contribution in [1.29, 1.82) is 0 Å². The number of fused-ring (bicyclic) bond motifs is 1. The average Bonchev–Trinajstić information content (AvgIpc) is 2.97. The maximum absolute atomic E-state index is 12.7. The molecule has 2 aromatic heterocycles. The predicted octanol–water partition coefficient (Wildman–Crippen LogP) is 3.57. The summed E-state index contributed by atoms with van der Waals surface area (Å²) in [7, 11) is 0. The second-order valence-electron chi connectivity index (χ2n) is 7.68. The van der Waals surface area contributed by atoms with Gasteiger partial charge in [0.25, 0.3) is 0 Å². The van der Waals surface area contributed by atoms with Gasteiger partial charge in [-0.1, -0.05) is 25.3 Å². The zero-order chi connectivity index (χ0) is 20.4. The number of rotatable bonds is 5. The lowest BCUT2D eigenvalue weighted by Crippen LogP contribution is -2.29. The molecule has 152 valence electrons. The minimum atomic E-state index is -0.401. The molecule has 0 unspecified atom stereocenters. The zero-order valence-electron chi connectivity index (χ0n) is 16.7. The molecule has 1 amide bonds. The smallest absolute Gasteiger partial charge is 0.324 e. The van der Waals surface area contributed by atoms with Gasteiger partial charge in [-0.25, -0.2) is 9.48 Å². The number of carbonyl (C=O) groups is 1. The van der Waals surface area contributed by atoms with Crippen molar-refractivity contribution < 1.29 is 4.79 Å². The number of hydrogen-bond donors (Lipinski definition) is 1. The zero-order valence-corrected chi connectivity index (χ0v) is 17.5. The van der Waals surface area contributed by atoms with Crippen molar-refractivity contribution in [3.63, 3.8) is 0 Å². The minimum Gasteiger partial charge on any atom is -0.324 e. The van der Waals surface area contributed by atoms with Gasteiger partial charge in [0.05, 0.1) is 0 Å². The molecule has 1 fully saturated rings. The fourth-order valence-electron chi connectivity index (χ4n) is 3.79. The van der Waals surface area contributed by atoms with E-state index in [4.69, 9.17) is 0 Å². The highest BCUT2D eigenvalue weighted by Gasteiger charge is 2.17. The van der Waals surface area contributed by atoms with Crippen LogP contribution in [0.1, 0.15) is 43.2 Å². The average molecular weight is 412 g/mol. The van der Waals surface area contributed by atoms with Crippen molar-refractivity contribution in [2.24, 2.45) is 0 Å². The third-order valence-corrected chi connectivity index (χ3v) is 6.32. The van der Waals surface area contributed by atoms with Crippen molar-refractivity contribution in [1.82, 2.24) is 19.4 Å². The Morgan fingerprint density at radius 2 is 1.83 bits per heavy atom. The van der Waals surface area contributed by atoms with E-state index < -0.39 is 5.69 Å². The van der Waals surface area contributed by atoms with Gasteiger partial charge in [-0.3, -0.25) is 4.79 Å². The third-order valence-electron chi connectivity index (χ3n) is 5.05. The normalized spacial score (nSPS) is 15.0. The molecule has 0 spiro atoms. The van der Waals surface area contributed by atoms with Gasteiger partial charge in [-0.2, -0.15) is 9.61 Å². The van der Waals surface area contributed by atoms with Gasteiger partial charge in [0, 0.05) is 10.9 Å². The summed E-state index contributed by atoms with van der Waals surface area (Å²) in [5.74, 6) is -0.294. The van der Waals surface area contributed by atoms with Crippen LogP contribution in [0, 0.1) is 13.8 Å². The Morgan fingerprint density at radius 1 is 1.10 bits per heavy atom. The van der Waals surface area contributed by atoms with Gasteiger partial charge in [-0.15, -0.1) is 16.9 Å². The summed E-state index contributed by atoms with van der Waals surface area (Å²) in [4.78, 5) is 25.1. The molecule has 0 radical (unpaired) electrons. The highest BCUT2D eigenvalue weighted by Crippen LogP contribution is 2.32. The molecular formula is C21H25N5O2S. The van der Waals surface area contributed by atoms with Crippen LogP contribution in [0.5, 0.6) is 0 Å². The van der Waals surface area contributed by atoms with Crippen LogP contribution < -0.4 is 11.0 Å². The van der Waals surface area contributed by atoms with Gasteiger partial charge < -0.3 is 5.32 Å². The van der Waals surface area contributed by atoms with Crippen LogP contribution >= 0.6 is 11.8 Å². The van der Waals surface area contributed by atoms with Gasteiger partial charge in [0.15, 0.2) is 5.65 Å². The van der Waals surface area contributed by atoms with Crippen LogP contribution in [0.3, 0.4) is 0 Å². The molecule has 1 aliphatic rings. The van der Waals surface area contributed by atoms with Crippen LogP contribution in [0.2, 0.25) is 0 Å². The van der Waals surface area contributed by atoms with Crippen molar-refractivity contribution in [2.45, 2.75) is 62.8 Å². The van der Waals surface area contributed by atoms with E-state index in [1.807, 2.05) is 38.1 Å². The number of aromatic nitrogens is 4. The second kappa shape index (κ2) is 8.41. The topological polar surface area (TPSA) is 81.3 Å². The maximum Gasteiger partial charge on any atom is 0.367 e. The molecule has 3 aromatic rings. The first-order valence-corrected chi connectivity index (χ1v) is 10.9. The molecule has 0 saturated heterocycles. The number of carbonyl (C=O) groups excluding carboxylic acids is 1. The molecule has 0 bridgehead atoms. The van der Waals surface area contributed by atoms with Crippen molar-refractivity contribution in [3.8, 4) is 0 Å². The van der Waals surface area contributed by atoms with Gasteiger partial charge in [0.2, 0.25) is 5.91 Å². The number of benzene rings is 1. The van der Waals surface area contributed by atoms with E-state index in [2.05, 4.69) is 15.5 Å². The van der Waals surface area contributed by atoms with Crippen molar-refractivity contribution in [3.05, 3.63) is 51.9 Å². The van der Waals surface area contributed by atoms with E-state index in [9.17, 15) is 9.59 Å². The molecule has 1 saturated carbocycles. The maximum atomic E-state index is 12.7. The van der Waals surface area contributed by atoms with E-state index in [-0.39, 0.29) is 12.5 Å². The molecule has 0 atom stereocenters. The number of aryl methyl sites for hydroxylation is 2. The Bertz CT molecular complexity index is 1080. The monoisotopic (exact) mass is 411 g/mol. The number of amides is 1. The molecule has 1 aliphatic carbocycles. The van der Waals surface area contributed by atoms with Crippen LogP contribution in [-0.2, 0) is 11.3 Å². The standard InChI is InChI=1S/C21H25N5O2S/c1-14-10-15(2)12-16(11-14)22-19(27)13-25-21(28)26-18(23-25)8-9-20(24-26)29-17-6-4-3-5-7-17/h8-12,17H,3-7,13H2,1-2H3,(H,22,27). The summed E-state index contributed by atoms with van der Waals surface area (Å²) in [5, 5.41) is 12.9. The number of thioether (sulfide) groups is 1. The highest BCUT2D eigenvalue weighted by atomic mass is 32.2.